The molecule has 5 heteroatoms. The van der Waals surface area contributed by atoms with Crippen LogP contribution in [0.2, 0.25) is 0 Å². The summed E-state index contributed by atoms with van der Waals surface area (Å²) in [4.78, 5) is 10.5. The Kier molecular flexibility index (Phi) is 3.86. The van der Waals surface area contributed by atoms with Gasteiger partial charge in [0.1, 0.15) is 12.1 Å². The Balaban J connectivity index is 2.82. The largest absolute Gasteiger partial charge is 0.478 e. The van der Waals surface area contributed by atoms with E-state index < -0.39 is 5.97 Å². The van der Waals surface area contributed by atoms with Crippen LogP contribution in [-0.2, 0) is 4.79 Å². The fraction of sp³-hybridized carbons (Fsp3) is 0.0833. The molecule has 1 aromatic carbocycles. The molecule has 0 bridgehead atoms. The predicted molar refractivity (Wildman–Crippen MR) is 61.1 cm³/mol. The van der Waals surface area contributed by atoms with Crippen LogP contribution >= 0.6 is 0 Å². The smallest absolute Gasteiger partial charge is 0.332 e. The monoisotopic (exact) mass is 227 g/mol. The summed E-state index contributed by atoms with van der Waals surface area (Å²) in [5.74, 6) is -1.08. The summed E-state index contributed by atoms with van der Waals surface area (Å²) >= 11 is 0. The molecule has 0 radical (unpaired) electrons. The van der Waals surface area contributed by atoms with Gasteiger partial charge < -0.3 is 10.4 Å². The molecule has 0 spiro atoms. The number of benzene rings is 1. The van der Waals surface area contributed by atoms with Crippen LogP contribution in [0.1, 0.15) is 11.1 Å². The first-order valence-corrected chi connectivity index (χ1v) is 4.67. The van der Waals surface area contributed by atoms with Gasteiger partial charge in [-0.1, -0.05) is 6.58 Å². The maximum atomic E-state index is 10.5. The van der Waals surface area contributed by atoms with Crippen LogP contribution < -0.4 is 5.32 Å². The van der Waals surface area contributed by atoms with E-state index in [1.54, 1.807) is 6.07 Å². The SMILES string of the molecule is C=C(CNc1ccc(C#N)c(C#N)c1)C(=O)O. The van der Waals surface area contributed by atoms with Gasteiger partial charge >= 0.3 is 5.97 Å². The summed E-state index contributed by atoms with van der Waals surface area (Å²) in [5, 5.41) is 28.9. The fourth-order valence-electron chi connectivity index (χ4n) is 1.13. The zero-order valence-electron chi connectivity index (χ0n) is 8.90. The average molecular weight is 227 g/mol. The van der Waals surface area contributed by atoms with Gasteiger partial charge in [0, 0.05) is 17.8 Å². The van der Waals surface area contributed by atoms with Crippen molar-refractivity contribution in [2.75, 3.05) is 11.9 Å². The van der Waals surface area contributed by atoms with E-state index in [1.807, 2.05) is 12.1 Å². The first kappa shape index (κ1) is 12.3. The number of aliphatic carboxylic acids is 1. The number of rotatable bonds is 4. The molecular weight excluding hydrogens is 218 g/mol. The molecule has 1 rings (SSSR count). The molecule has 0 unspecified atom stereocenters. The topological polar surface area (TPSA) is 96.9 Å². The Morgan fingerprint density at radius 1 is 1.35 bits per heavy atom. The van der Waals surface area contributed by atoms with Crippen molar-refractivity contribution in [3.8, 4) is 12.1 Å². The second-order valence-electron chi connectivity index (χ2n) is 3.25. The lowest BCUT2D eigenvalue weighted by Gasteiger charge is -2.06. The van der Waals surface area contributed by atoms with E-state index in [9.17, 15) is 4.79 Å². The molecule has 5 nitrogen and oxygen atoms in total. The maximum Gasteiger partial charge on any atom is 0.332 e. The van der Waals surface area contributed by atoms with Crippen LogP contribution in [0.15, 0.2) is 30.4 Å². The molecule has 0 atom stereocenters. The Bertz CT molecular complexity index is 550. The molecule has 17 heavy (non-hydrogen) atoms. The number of nitrogens with zero attached hydrogens (tertiary/aromatic N) is 2. The average Bonchev–Trinajstić information content (AvgIpc) is 2.35. The van der Waals surface area contributed by atoms with Gasteiger partial charge in [-0.05, 0) is 18.2 Å². The van der Waals surface area contributed by atoms with Gasteiger partial charge in [-0.15, -0.1) is 0 Å². The number of carboxylic acid groups (broad SMARTS) is 1. The Labute approximate surface area is 98.2 Å². The third-order valence-corrected chi connectivity index (χ3v) is 2.07. The minimum absolute atomic E-state index is 0.0212. The molecule has 0 saturated heterocycles. The first-order valence-electron chi connectivity index (χ1n) is 4.67. The molecule has 0 saturated carbocycles. The first-order chi connectivity index (χ1) is 8.08. The molecule has 0 fully saturated rings. The van der Waals surface area contributed by atoms with Crippen molar-refractivity contribution in [1.82, 2.24) is 0 Å². The predicted octanol–water partition coefficient (Wildman–Crippen LogP) is 1.48. The molecule has 0 amide bonds. The van der Waals surface area contributed by atoms with E-state index in [0.29, 0.717) is 5.69 Å². The number of carbonyl (C=O) groups is 1. The van der Waals surface area contributed by atoms with Crippen molar-refractivity contribution in [3.63, 3.8) is 0 Å². The van der Waals surface area contributed by atoms with Crippen LogP contribution in [0.5, 0.6) is 0 Å². The van der Waals surface area contributed by atoms with E-state index in [-0.39, 0.29) is 23.2 Å². The zero-order valence-corrected chi connectivity index (χ0v) is 8.90. The number of hydrogen-bond acceptors (Lipinski definition) is 4. The van der Waals surface area contributed by atoms with Crippen molar-refractivity contribution >= 4 is 11.7 Å². The van der Waals surface area contributed by atoms with Crippen molar-refractivity contribution in [2.24, 2.45) is 0 Å². The fourth-order valence-corrected chi connectivity index (χ4v) is 1.13. The molecule has 2 N–H and O–H groups in total. The van der Waals surface area contributed by atoms with Crippen LogP contribution in [0, 0.1) is 22.7 Å². The second kappa shape index (κ2) is 5.34. The van der Waals surface area contributed by atoms with Gasteiger partial charge in [-0.25, -0.2) is 4.79 Å². The third kappa shape index (κ3) is 3.08. The quantitative estimate of drug-likeness (QED) is 0.759. The summed E-state index contributed by atoms with van der Waals surface area (Å²) in [5.41, 5.74) is 1.13. The van der Waals surface area contributed by atoms with Gasteiger partial charge in [-0.2, -0.15) is 10.5 Å². The highest BCUT2D eigenvalue weighted by atomic mass is 16.4. The normalized spacial score (nSPS) is 8.82. The molecule has 84 valence electrons. The van der Waals surface area contributed by atoms with Gasteiger partial charge in [0.05, 0.1) is 11.1 Å². The van der Waals surface area contributed by atoms with Crippen molar-refractivity contribution in [1.29, 1.82) is 10.5 Å². The van der Waals surface area contributed by atoms with Crippen molar-refractivity contribution < 1.29 is 9.90 Å². The summed E-state index contributed by atoms with van der Waals surface area (Å²) in [7, 11) is 0. The van der Waals surface area contributed by atoms with Gasteiger partial charge in [-0.3, -0.25) is 0 Å². The minimum Gasteiger partial charge on any atom is -0.478 e. The molecule has 0 heterocycles. The number of hydrogen-bond donors (Lipinski definition) is 2. The van der Waals surface area contributed by atoms with Gasteiger partial charge in [0.2, 0.25) is 0 Å². The highest BCUT2D eigenvalue weighted by molar-refractivity contribution is 5.86. The summed E-state index contributed by atoms with van der Waals surface area (Å²) in [6.45, 7) is 3.44. The Morgan fingerprint density at radius 3 is 2.53 bits per heavy atom. The van der Waals surface area contributed by atoms with E-state index in [0.717, 1.165) is 0 Å². The lowest BCUT2D eigenvalue weighted by molar-refractivity contribution is -0.132. The van der Waals surface area contributed by atoms with E-state index in [4.69, 9.17) is 15.6 Å². The Hall–Kier alpha value is -2.79. The van der Waals surface area contributed by atoms with E-state index in [1.165, 1.54) is 12.1 Å². The highest BCUT2D eigenvalue weighted by Gasteiger charge is 2.05. The lowest BCUT2D eigenvalue weighted by atomic mass is 10.1. The second-order valence-corrected chi connectivity index (χ2v) is 3.25. The maximum absolute atomic E-state index is 10.5. The Morgan fingerprint density at radius 2 is 2.00 bits per heavy atom. The van der Waals surface area contributed by atoms with Crippen LogP contribution in [-0.4, -0.2) is 17.6 Å². The lowest BCUT2D eigenvalue weighted by Crippen LogP contribution is -2.11. The van der Waals surface area contributed by atoms with E-state index in [2.05, 4.69) is 11.9 Å². The van der Waals surface area contributed by atoms with Gasteiger partial charge in [0.25, 0.3) is 0 Å². The third-order valence-electron chi connectivity index (χ3n) is 2.07. The minimum atomic E-state index is -1.08. The zero-order chi connectivity index (χ0) is 12.8. The summed E-state index contributed by atoms with van der Waals surface area (Å²) < 4.78 is 0. The van der Waals surface area contributed by atoms with Crippen LogP contribution in [0.3, 0.4) is 0 Å². The summed E-state index contributed by atoms with van der Waals surface area (Å²) in [6, 6.07) is 8.39. The molecular formula is C12H9N3O2. The number of anilines is 1. The molecule has 0 aliphatic heterocycles. The number of carboxylic acids is 1. The van der Waals surface area contributed by atoms with Crippen LogP contribution in [0.4, 0.5) is 5.69 Å². The van der Waals surface area contributed by atoms with Crippen molar-refractivity contribution in [2.45, 2.75) is 0 Å². The standard InChI is InChI=1S/C12H9N3O2/c1-8(12(16)17)7-15-11-3-2-9(5-13)10(4-11)6-14/h2-4,15H,1,7H2,(H,16,17). The molecule has 1 aromatic rings. The molecule has 0 aliphatic carbocycles. The van der Waals surface area contributed by atoms with Crippen LogP contribution in [0.25, 0.3) is 0 Å². The highest BCUT2D eigenvalue weighted by Crippen LogP contribution is 2.14. The molecule has 0 aromatic heterocycles. The summed E-state index contributed by atoms with van der Waals surface area (Å²) in [6.07, 6.45) is 0. The number of nitrogens with one attached hydrogen (secondary N) is 1. The van der Waals surface area contributed by atoms with Crippen molar-refractivity contribution in [3.05, 3.63) is 41.5 Å². The van der Waals surface area contributed by atoms with Gasteiger partial charge in [0.15, 0.2) is 0 Å². The van der Waals surface area contributed by atoms with E-state index >= 15 is 0 Å². The number of nitriles is 2. The molecule has 0 aliphatic rings.